The molecule has 1 amide bonds. The maximum absolute atomic E-state index is 12.8. The number of nitrogens with one attached hydrogen (secondary N) is 2. The summed E-state index contributed by atoms with van der Waals surface area (Å²) in [4.78, 5) is 12.8. The lowest BCUT2D eigenvalue weighted by Gasteiger charge is -2.38. The van der Waals surface area contributed by atoms with Crippen molar-refractivity contribution in [1.29, 1.82) is 0 Å². The zero-order valence-corrected chi connectivity index (χ0v) is 13.3. The van der Waals surface area contributed by atoms with Gasteiger partial charge in [-0.2, -0.15) is 13.2 Å². The molecule has 2 N–H and O–H groups in total. The molecule has 1 aliphatic rings. The molecule has 1 aromatic rings. The first-order valence-corrected chi connectivity index (χ1v) is 7.62. The van der Waals surface area contributed by atoms with Crippen LogP contribution in [0.3, 0.4) is 0 Å². The van der Waals surface area contributed by atoms with E-state index >= 15 is 0 Å². The van der Waals surface area contributed by atoms with Gasteiger partial charge in [-0.1, -0.05) is 12.1 Å². The number of likely N-dealkylation sites (tertiary alicyclic amines) is 1. The number of carbonyl (C=O) groups is 1. The predicted molar refractivity (Wildman–Crippen MR) is 82.2 cm³/mol. The quantitative estimate of drug-likeness (QED) is 0.890. The van der Waals surface area contributed by atoms with E-state index in [9.17, 15) is 18.0 Å². The minimum atomic E-state index is -4.16. The predicted octanol–water partition coefficient (Wildman–Crippen LogP) is 2.16. The van der Waals surface area contributed by atoms with Crippen LogP contribution in [0.15, 0.2) is 24.3 Å². The minimum Gasteiger partial charge on any atom is -0.355 e. The van der Waals surface area contributed by atoms with Crippen LogP contribution in [0.4, 0.5) is 13.2 Å². The summed E-state index contributed by atoms with van der Waals surface area (Å²) in [6.07, 6.45) is -3.53. The van der Waals surface area contributed by atoms with E-state index in [1.807, 2.05) is 12.1 Å². The summed E-state index contributed by atoms with van der Waals surface area (Å²) in [5.41, 5.74) is 1.58. The zero-order valence-electron chi connectivity index (χ0n) is 13.3. The number of hydrogen-bond acceptors (Lipinski definition) is 3. The van der Waals surface area contributed by atoms with Crippen molar-refractivity contribution < 1.29 is 18.0 Å². The molecular formula is C16H22F3N3O. The first-order valence-electron chi connectivity index (χ1n) is 7.62. The number of nitrogens with zero attached hydrogens (tertiary/aromatic N) is 1. The number of halogens is 3. The summed E-state index contributed by atoms with van der Waals surface area (Å²) < 4.78 is 38.4. The highest BCUT2D eigenvalue weighted by atomic mass is 19.4. The molecule has 2 atom stereocenters. The Morgan fingerprint density at radius 3 is 2.43 bits per heavy atom. The first-order chi connectivity index (χ1) is 10.8. The van der Waals surface area contributed by atoms with Gasteiger partial charge in [0.05, 0.1) is 0 Å². The Morgan fingerprint density at radius 1 is 1.26 bits per heavy atom. The van der Waals surface area contributed by atoms with Crippen molar-refractivity contribution in [3.63, 3.8) is 0 Å². The van der Waals surface area contributed by atoms with Gasteiger partial charge < -0.3 is 10.6 Å². The maximum atomic E-state index is 12.8. The molecule has 0 radical (unpaired) electrons. The molecule has 1 heterocycles. The number of amides is 1. The number of benzene rings is 1. The molecule has 1 aromatic carbocycles. The van der Waals surface area contributed by atoms with Gasteiger partial charge in [-0.25, -0.2) is 0 Å². The van der Waals surface area contributed by atoms with E-state index in [0.717, 1.165) is 5.56 Å². The van der Waals surface area contributed by atoms with Crippen LogP contribution in [0.25, 0.3) is 0 Å². The molecule has 0 aliphatic carbocycles. The fourth-order valence-corrected chi connectivity index (χ4v) is 2.91. The average molecular weight is 329 g/mol. The summed E-state index contributed by atoms with van der Waals surface area (Å²) in [5.74, 6) is -0.142. The molecule has 4 nitrogen and oxygen atoms in total. The van der Waals surface area contributed by atoms with E-state index in [-0.39, 0.29) is 18.4 Å². The van der Waals surface area contributed by atoms with Crippen molar-refractivity contribution in [2.75, 3.05) is 20.6 Å². The second kappa shape index (κ2) is 7.31. The molecule has 23 heavy (non-hydrogen) atoms. The molecule has 1 saturated heterocycles. The molecule has 0 spiro atoms. The normalized spacial score (nSPS) is 22.8. The van der Waals surface area contributed by atoms with Gasteiger partial charge in [0.15, 0.2) is 0 Å². The van der Waals surface area contributed by atoms with Gasteiger partial charge in [0.2, 0.25) is 0 Å². The second-order valence-corrected chi connectivity index (χ2v) is 5.93. The lowest BCUT2D eigenvalue weighted by molar-refractivity contribution is -0.188. The summed E-state index contributed by atoms with van der Waals surface area (Å²) in [6.45, 7) is 0.948. The standard InChI is InChI=1S/C16H22F3N3O/c1-20-15(23)12-5-3-11(4-6-12)9-21-13-7-8-14(16(17,18)19)22(2)10-13/h3-6,13-14,21H,7-10H2,1-2H3,(H,20,23)/t13-,14-/m1/s1. The number of alkyl halides is 3. The average Bonchev–Trinajstić information content (AvgIpc) is 2.51. The van der Waals surface area contributed by atoms with Gasteiger partial charge in [-0.3, -0.25) is 9.69 Å². The molecule has 0 unspecified atom stereocenters. The van der Waals surface area contributed by atoms with Crippen LogP contribution in [-0.2, 0) is 6.54 Å². The van der Waals surface area contributed by atoms with Crippen LogP contribution in [-0.4, -0.2) is 49.7 Å². The Morgan fingerprint density at radius 2 is 1.91 bits per heavy atom. The molecule has 0 aromatic heterocycles. The lowest BCUT2D eigenvalue weighted by atomic mass is 9.98. The Balaban J connectivity index is 1.84. The molecule has 1 aliphatic heterocycles. The Bertz CT molecular complexity index is 530. The van der Waals surface area contributed by atoms with Crippen LogP contribution in [0.2, 0.25) is 0 Å². The molecule has 0 bridgehead atoms. The Labute approximate surface area is 134 Å². The van der Waals surface area contributed by atoms with E-state index in [4.69, 9.17) is 0 Å². The summed E-state index contributed by atoms with van der Waals surface area (Å²) in [5, 5.41) is 5.85. The third kappa shape index (κ3) is 4.68. The van der Waals surface area contributed by atoms with Gasteiger partial charge >= 0.3 is 6.18 Å². The third-order valence-corrected chi connectivity index (χ3v) is 4.24. The van der Waals surface area contributed by atoms with E-state index in [1.54, 1.807) is 19.2 Å². The molecule has 0 saturated carbocycles. The van der Waals surface area contributed by atoms with Crippen molar-refractivity contribution in [3.8, 4) is 0 Å². The monoisotopic (exact) mass is 329 g/mol. The van der Waals surface area contributed by atoms with Crippen LogP contribution in [0.5, 0.6) is 0 Å². The first kappa shape index (κ1) is 17.7. The summed E-state index contributed by atoms with van der Waals surface area (Å²) in [7, 11) is 3.09. The van der Waals surface area contributed by atoms with Crippen LogP contribution in [0, 0.1) is 0 Å². The van der Waals surface area contributed by atoms with Crippen LogP contribution >= 0.6 is 0 Å². The van der Waals surface area contributed by atoms with Crippen molar-refractivity contribution in [2.24, 2.45) is 0 Å². The SMILES string of the molecule is CNC(=O)c1ccc(CN[C@@H]2CC[C@H](C(F)(F)F)N(C)C2)cc1. The second-order valence-electron chi connectivity index (χ2n) is 5.93. The largest absolute Gasteiger partial charge is 0.404 e. The van der Waals surface area contributed by atoms with Crippen LogP contribution in [0.1, 0.15) is 28.8 Å². The topological polar surface area (TPSA) is 44.4 Å². The van der Waals surface area contributed by atoms with Gasteiger partial charge in [-0.15, -0.1) is 0 Å². The number of rotatable bonds is 4. The molecule has 1 fully saturated rings. The zero-order chi connectivity index (χ0) is 17.0. The summed E-state index contributed by atoms with van der Waals surface area (Å²) in [6, 6.07) is 5.88. The van der Waals surface area contributed by atoms with Crippen molar-refractivity contribution in [1.82, 2.24) is 15.5 Å². The number of carbonyl (C=O) groups excluding carboxylic acids is 1. The maximum Gasteiger partial charge on any atom is 0.404 e. The Hall–Kier alpha value is -1.60. The molecule has 2 rings (SSSR count). The van der Waals surface area contributed by atoms with E-state index in [1.165, 1.54) is 11.9 Å². The highest BCUT2D eigenvalue weighted by Crippen LogP contribution is 2.30. The smallest absolute Gasteiger partial charge is 0.355 e. The Kier molecular flexibility index (Phi) is 5.64. The van der Waals surface area contributed by atoms with E-state index in [0.29, 0.717) is 25.1 Å². The third-order valence-electron chi connectivity index (χ3n) is 4.24. The number of hydrogen-bond donors (Lipinski definition) is 2. The highest BCUT2D eigenvalue weighted by molar-refractivity contribution is 5.93. The number of likely N-dealkylation sites (N-methyl/N-ethyl adjacent to an activating group) is 1. The fourth-order valence-electron chi connectivity index (χ4n) is 2.91. The van der Waals surface area contributed by atoms with Gasteiger partial charge in [0.25, 0.3) is 5.91 Å². The van der Waals surface area contributed by atoms with E-state index in [2.05, 4.69) is 10.6 Å². The van der Waals surface area contributed by atoms with Gasteiger partial charge in [-0.05, 0) is 37.6 Å². The molecule has 128 valence electrons. The molecule has 7 heteroatoms. The van der Waals surface area contributed by atoms with Crippen molar-refractivity contribution >= 4 is 5.91 Å². The van der Waals surface area contributed by atoms with Gasteiger partial charge in [0.1, 0.15) is 6.04 Å². The van der Waals surface area contributed by atoms with Crippen molar-refractivity contribution in [2.45, 2.75) is 37.6 Å². The molecular weight excluding hydrogens is 307 g/mol. The van der Waals surface area contributed by atoms with Crippen molar-refractivity contribution in [3.05, 3.63) is 35.4 Å². The highest BCUT2D eigenvalue weighted by Gasteiger charge is 2.44. The number of piperidine rings is 1. The summed E-state index contributed by atoms with van der Waals surface area (Å²) >= 11 is 0. The minimum absolute atomic E-state index is 0.0391. The lowest BCUT2D eigenvalue weighted by Crippen LogP contribution is -2.53. The van der Waals surface area contributed by atoms with E-state index < -0.39 is 12.2 Å². The van der Waals surface area contributed by atoms with Gasteiger partial charge in [0, 0.05) is 31.7 Å². The van der Waals surface area contributed by atoms with Crippen LogP contribution < -0.4 is 10.6 Å². The fraction of sp³-hybridized carbons (Fsp3) is 0.562.